The summed E-state index contributed by atoms with van der Waals surface area (Å²) in [4.78, 5) is 17.3. The van der Waals surface area contributed by atoms with E-state index >= 15 is 0 Å². The van der Waals surface area contributed by atoms with E-state index in [4.69, 9.17) is 4.74 Å². The van der Waals surface area contributed by atoms with Gasteiger partial charge in [0, 0.05) is 35.2 Å². The number of H-pyrrole nitrogens is 1. The highest BCUT2D eigenvalue weighted by Crippen LogP contribution is 2.51. The largest absolute Gasteiger partial charge is 0.496 e. The number of carboxylic acids is 1. The number of aryl methyl sites for hydroxylation is 1. The van der Waals surface area contributed by atoms with E-state index in [1.807, 2.05) is 18.3 Å². The summed E-state index contributed by atoms with van der Waals surface area (Å²) in [6, 6.07) is 12.1. The van der Waals surface area contributed by atoms with Crippen molar-refractivity contribution in [2.24, 2.45) is 17.8 Å². The molecule has 1 aromatic heterocycles. The molecule has 2 aromatic carbocycles. The van der Waals surface area contributed by atoms with E-state index in [0.29, 0.717) is 5.56 Å². The van der Waals surface area contributed by atoms with Crippen molar-refractivity contribution < 1.29 is 14.6 Å². The van der Waals surface area contributed by atoms with Crippen LogP contribution < -0.4 is 4.74 Å². The predicted molar refractivity (Wildman–Crippen MR) is 126 cm³/mol. The van der Waals surface area contributed by atoms with Gasteiger partial charge in [0.2, 0.25) is 0 Å². The molecule has 0 amide bonds. The zero-order valence-corrected chi connectivity index (χ0v) is 19.1. The van der Waals surface area contributed by atoms with Crippen LogP contribution in [0, 0.1) is 24.7 Å². The Morgan fingerprint density at radius 1 is 1.22 bits per heavy atom. The summed E-state index contributed by atoms with van der Waals surface area (Å²) in [5.74, 6) is 2.51. The average molecular weight is 433 g/mol. The highest BCUT2D eigenvalue weighted by Gasteiger charge is 2.43. The number of hydrogen-bond acceptors (Lipinski definition) is 3. The Morgan fingerprint density at radius 3 is 2.62 bits per heavy atom. The number of carboxylic acid groups (broad SMARTS) is 1. The SMILES string of the molecule is COc1cc(C)c2[nH]ccc2c1CN1CC[C@H](C2C[C@@H]2C)C[C@H]1c1ccc(C(=O)O)cc1. The molecular formula is C27H32N2O3. The third-order valence-corrected chi connectivity index (χ3v) is 7.77. The number of ether oxygens (including phenoxy) is 1. The Bertz CT molecular complexity index is 1130. The van der Waals surface area contributed by atoms with Crippen LogP contribution >= 0.6 is 0 Å². The van der Waals surface area contributed by atoms with Crippen molar-refractivity contribution in [3.8, 4) is 5.75 Å². The molecule has 1 aliphatic carbocycles. The lowest BCUT2D eigenvalue weighted by Gasteiger charge is -2.40. The highest BCUT2D eigenvalue weighted by molar-refractivity contribution is 5.88. The summed E-state index contributed by atoms with van der Waals surface area (Å²) in [5.41, 5.74) is 5.14. The number of nitrogens with one attached hydrogen (secondary N) is 1. The van der Waals surface area contributed by atoms with Crippen LogP contribution in [0.2, 0.25) is 0 Å². The predicted octanol–water partition coefficient (Wildman–Crippen LogP) is 5.79. The first-order chi connectivity index (χ1) is 15.5. The second-order valence-corrected chi connectivity index (χ2v) is 9.72. The number of fused-ring (bicyclic) bond motifs is 1. The van der Waals surface area contributed by atoms with Gasteiger partial charge in [-0.05, 0) is 85.9 Å². The van der Waals surface area contributed by atoms with Crippen LogP contribution in [0.5, 0.6) is 5.75 Å². The van der Waals surface area contributed by atoms with Gasteiger partial charge < -0.3 is 14.8 Å². The summed E-state index contributed by atoms with van der Waals surface area (Å²) in [6.45, 7) is 6.34. The average Bonchev–Trinajstić information content (AvgIpc) is 3.31. The Morgan fingerprint density at radius 2 is 1.97 bits per heavy atom. The maximum absolute atomic E-state index is 11.3. The molecule has 2 N–H and O–H groups in total. The molecule has 1 aliphatic heterocycles. The Balaban J connectivity index is 1.49. The van der Waals surface area contributed by atoms with Crippen LogP contribution in [0.4, 0.5) is 0 Å². The number of likely N-dealkylation sites (tertiary alicyclic amines) is 1. The second-order valence-electron chi connectivity index (χ2n) is 9.72. The van der Waals surface area contributed by atoms with E-state index in [0.717, 1.165) is 43.0 Å². The summed E-state index contributed by atoms with van der Waals surface area (Å²) in [6.07, 6.45) is 5.71. The molecule has 0 spiro atoms. The zero-order valence-electron chi connectivity index (χ0n) is 19.1. The quantitative estimate of drug-likeness (QED) is 0.517. The van der Waals surface area contributed by atoms with Gasteiger partial charge in [0.25, 0.3) is 0 Å². The number of hydrogen-bond donors (Lipinski definition) is 2. The number of piperidine rings is 1. The third kappa shape index (κ3) is 3.79. The van der Waals surface area contributed by atoms with Crippen LogP contribution in [-0.2, 0) is 6.54 Å². The smallest absolute Gasteiger partial charge is 0.335 e. The second kappa shape index (κ2) is 8.28. The number of aromatic nitrogens is 1. The number of aromatic carboxylic acids is 1. The molecule has 2 aliphatic rings. The Labute approximate surface area is 189 Å². The minimum atomic E-state index is -0.874. The number of carbonyl (C=O) groups is 1. The molecule has 1 unspecified atom stereocenters. The van der Waals surface area contributed by atoms with Crippen molar-refractivity contribution in [1.82, 2.24) is 9.88 Å². The molecule has 2 fully saturated rings. The fourth-order valence-corrected chi connectivity index (χ4v) is 5.81. The van der Waals surface area contributed by atoms with Crippen LogP contribution in [0.15, 0.2) is 42.6 Å². The molecule has 1 saturated carbocycles. The highest BCUT2D eigenvalue weighted by atomic mass is 16.5. The lowest BCUT2D eigenvalue weighted by molar-refractivity contribution is 0.0696. The van der Waals surface area contributed by atoms with E-state index in [-0.39, 0.29) is 6.04 Å². The van der Waals surface area contributed by atoms with Gasteiger partial charge in [-0.25, -0.2) is 4.79 Å². The van der Waals surface area contributed by atoms with Crippen molar-refractivity contribution >= 4 is 16.9 Å². The van der Waals surface area contributed by atoms with Crippen LogP contribution in [0.25, 0.3) is 10.9 Å². The first-order valence-electron chi connectivity index (χ1n) is 11.7. The molecule has 0 bridgehead atoms. The molecule has 0 radical (unpaired) electrons. The molecule has 5 rings (SSSR count). The summed E-state index contributed by atoms with van der Waals surface area (Å²) in [5, 5.41) is 10.5. The van der Waals surface area contributed by atoms with E-state index in [9.17, 15) is 9.90 Å². The number of aromatic amines is 1. The normalized spacial score (nSPS) is 25.7. The van der Waals surface area contributed by atoms with Gasteiger partial charge in [0.1, 0.15) is 5.75 Å². The van der Waals surface area contributed by atoms with Crippen LogP contribution in [0.1, 0.15) is 59.3 Å². The first kappa shape index (κ1) is 21.1. The number of methoxy groups -OCH3 is 1. The molecule has 2 heterocycles. The molecule has 32 heavy (non-hydrogen) atoms. The maximum Gasteiger partial charge on any atom is 0.335 e. The molecule has 168 valence electrons. The molecule has 1 saturated heterocycles. The van der Waals surface area contributed by atoms with Gasteiger partial charge in [-0.1, -0.05) is 19.1 Å². The number of benzene rings is 2. The minimum Gasteiger partial charge on any atom is -0.496 e. The topological polar surface area (TPSA) is 65.6 Å². The molecule has 5 nitrogen and oxygen atoms in total. The van der Waals surface area contributed by atoms with E-state index in [2.05, 4.69) is 35.9 Å². The first-order valence-corrected chi connectivity index (χ1v) is 11.7. The van der Waals surface area contributed by atoms with Gasteiger partial charge in [0.05, 0.1) is 12.7 Å². The Hall–Kier alpha value is -2.79. The lowest BCUT2D eigenvalue weighted by atomic mass is 9.83. The number of nitrogens with zero attached hydrogens (tertiary/aromatic N) is 1. The van der Waals surface area contributed by atoms with Gasteiger partial charge in [-0.15, -0.1) is 0 Å². The van der Waals surface area contributed by atoms with E-state index in [1.54, 1.807) is 19.2 Å². The van der Waals surface area contributed by atoms with Crippen molar-refractivity contribution in [1.29, 1.82) is 0 Å². The third-order valence-electron chi connectivity index (χ3n) is 7.77. The van der Waals surface area contributed by atoms with E-state index in [1.165, 1.54) is 40.4 Å². The van der Waals surface area contributed by atoms with Crippen LogP contribution in [0.3, 0.4) is 0 Å². The van der Waals surface area contributed by atoms with Crippen molar-refractivity contribution in [3.63, 3.8) is 0 Å². The Kier molecular flexibility index (Phi) is 5.46. The molecular weight excluding hydrogens is 400 g/mol. The maximum atomic E-state index is 11.3. The molecule has 4 atom stereocenters. The lowest BCUT2D eigenvalue weighted by Crippen LogP contribution is -2.37. The standard InChI is InChI=1S/C27H32N2O3/c1-16-12-22(16)20-9-11-29(24(14-20)18-4-6-19(7-5-18)27(30)31)15-23-21-8-10-28-26(21)17(2)13-25(23)32-3/h4-8,10,13,16,20,22,24,28H,9,11-12,14-15H2,1-3H3,(H,30,31)/t16-,20-,22?,24-/m0/s1. The summed E-state index contributed by atoms with van der Waals surface area (Å²) < 4.78 is 5.81. The monoisotopic (exact) mass is 432 g/mol. The fourth-order valence-electron chi connectivity index (χ4n) is 5.81. The van der Waals surface area contributed by atoms with Gasteiger partial charge in [-0.3, -0.25) is 4.90 Å². The van der Waals surface area contributed by atoms with Gasteiger partial charge in [-0.2, -0.15) is 0 Å². The van der Waals surface area contributed by atoms with E-state index < -0.39 is 5.97 Å². The van der Waals surface area contributed by atoms with Gasteiger partial charge >= 0.3 is 5.97 Å². The van der Waals surface area contributed by atoms with Crippen molar-refractivity contribution in [2.75, 3.05) is 13.7 Å². The number of rotatable bonds is 6. The van der Waals surface area contributed by atoms with Gasteiger partial charge in [0.15, 0.2) is 0 Å². The van der Waals surface area contributed by atoms with Crippen LogP contribution in [-0.4, -0.2) is 34.6 Å². The fraction of sp³-hybridized carbons (Fsp3) is 0.444. The molecule has 3 aromatic rings. The molecule has 5 heteroatoms. The van der Waals surface area contributed by atoms with Crippen molar-refractivity contribution in [3.05, 3.63) is 64.8 Å². The minimum absolute atomic E-state index is 0.282. The zero-order chi connectivity index (χ0) is 22.4. The van der Waals surface area contributed by atoms with Crippen molar-refractivity contribution in [2.45, 2.75) is 45.7 Å². The summed E-state index contributed by atoms with van der Waals surface area (Å²) >= 11 is 0. The summed E-state index contributed by atoms with van der Waals surface area (Å²) in [7, 11) is 1.75.